The van der Waals surface area contributed by atoms with Gasteiger partial charge in [0.1, 0.15) is 0 Å². The van der Waals surface area contributed by atoms with Gasteiger partial charge in [0.05, 0.1) is 12.2 Å². The summed E-state index contributed by atoms with van der Waals surface area (Å²) in [4.78, 5) is 8.62. The molecule has 0 saturated carbocycles. The molecule has 0 aliphatic heterocycles. The lowest BCUT2D eigenvalue weighted by molar-refractivity contribution is 0.559. The van der Waals surface area contributed by atoms with E-state index in [1.165, 1.54) is 4.88 Å². The van der Waals surface area contributed by atoms with Crippen LogP contribution < -0.4 is 10.2 Å². The van der Waals surface area contributed by atoms with Gasteiger partial charge in [0.2, 0.25) is 0 Å². The fourth-order valence-corrected chi connectivity index (χ4v) is 3.87. The summed E-state index contributed by atoms with van der Waals surface area (Å²) in [6.07, 6.45) is 1.15. The Morgan fingerprint density at radius 1 is 1.29 bits per heavy atom. The standard InChI is InChI=1S/C16H25N3S2/c1-5-8-17-13(4)15-11-21-16(18-15)19(12(2)3)10-14-7-6-9-20-14/h6-7,9,11-13,17H,5,8,10H2,1-4H3. The van der Waals surface area contributed by atoms with E-state index >= 15 is 0 Å². The van der Waals surface area contributed by atoms with Crippen molar-refractivity contribution in [2.75, 3.05) is 11.4 Å². The molecule has 3 nitrogen and oxygen atoms in total. The minimum Gasteiger partial charge on any atom is -0.341 e. The van der Waals surface area contributed by atoms with E-state index in [1.54, 1.807) is 11.3 Å². The molecule has 0 aliphatic carbocycles. The summed E-state index contributed by atoms with van der Waals surface area (Å²) in [5.41, 5.74) is 1.15. The van der Waals surface area contributed by atoms with E-state index in [0.717, 1.165) is 30.3 Å². The van der Waals surface area contributed by atoms with Crippen LogP contribution in [0.3, 0.4) is 0 Å². The molecule has 1 atom stereocenters. The van der Waals surface area contributed by atoms with Crippen LogP contribution in [0, 0.1) is 0 Å². The van der Waals surface area contributed by atoms with Gasteiger partial charge in [-0.3, -0.25) is 0 Å². The fraction of sp³-hybridized carbons (Fsp3) is 0.562. The maximum Gasteiger partial charge on any atom is 0.186 e. The molecule has 2 rings (SSSR count). The molecule has 0 saturated heterocycles. The Hall–Kier alpha value is -0.910. The van der Waals surface area contributed by atoms with Crippen LogP contribution in [0.25, 0.3) is 0 Å². The third-order valence-electron chi connectivity index (χ3n) is 3.43. The Kier molecular flexibility index (Phi) is 6.21. The van der Waals surface area contributed by atoms with Crippen molar-refractivity contribution in [3.63, 3.8) is 0 Å². The highest BCUT2D eigenvalue weighted by molar-refractivity contribution is 7.13. The number of hydrogen-bond acceptors (Lipinski definition) is 5. The van der Waals surface area contributed by atoms with Crippen molar-refractivity contribution >= 4 is 27.8 Å². The van der Waals surface area contributed by atoms with Crippen LogP contribution in [0.2, 0.25) is 0 Å². The van der Waals surface area contributed by atoms with Gasteiger partial charge < -0.3 is 10.2 Å². The van der Waals surface area contributed by atoms with Crippen molar-refractivity contribution in [3.8, 4) is 0 Å². The second-order valence-electron chi connectivity index (χ2n) is 5.53. The summed E-state index contributed by atoms with van der Waals surface area (Å²) >= 11 is 3.56. The fourth-order valence-electron chi connectivity index (χ4n) is 2.11. The first kappa shape index (κ1) is 16.5. The maximum atomic E-state index is 4.85. The van der Waals surface area contributed by atoms with Crippen LogP contribution in [-0.2, 0) is 6.54 Å². The normalized spacial score (nSPS) is 12.8. The third-order valence-corrected chi connectivity index (χ3v) is 5.19. The summed E-state index contributed by atoms with van der Waals surface area (Å²) in [6.45, 7) is 10.8. The van der Waals surface area contributed by atoms with E-state index in [-0.39, 0.29) is 0 Å². The predicted octanol–water partition coefficient (Wildman–Crippen LogP) is 4.68. The van der Waals surface area contributed by atoms with Gasteiger partial charge in [0.15, 0.2) is 5.13 Å². The number of nitrogens with one attached hydrogen (secondary N) is 1. The summed E-state index contributed by atoms with van der Waals surface area (Å²) in [7, 11) is 0. The molecule has 0 spiro atoms. The number of nitrogens with zero attached hydrogens (tertiary/aromatic N) is 2. The lowest BCUT2D eigenvalue weighted by Crippen LogP contribution is -2.29. The van der Waals surface area contributed by atoms with Gasteiger partial charge in [-0.25, -0.2) is 4.98 Å². The van der Waals surface area contributed by atoms with E-state index in [2.05, 4.69) is 60.8 Å². The largest absolute Gasteiger partial charge is 0.341 e. The number of rotatable bonds is 8. The Balaban J connectivity index is 2.08. The molecule has 0 aliphatic rings. The second-order valence-corrected chi connectivity index (χ2v) is 7.40. The number of thiophene rings is 1. The summed E-state index contributed by atoms with van der Waals surface area (Å²) in [6, 6.07) is 5.08. The quantitative estimate of drug-likeness (QED) is 0.764. The molecule has 2 aromatic heterocycles. The minimum absolute atomic E-state index is 0.325. The van der Waals surface area contributed by atoms with Crippen LogP contribution in [0.4, 0.5) is 5.13 Å². The minimum atomic E-state index is 0.325. The molecule has 1 N–H and O–H groups in total. The van der Waals surface area contributed by atoms with E-state index < -0.39 is 0 Å². The van der Waals surface area contributed by atoms with Crippen molar-refractivity contribution in [1.29, 1.82) is 0 Å². The molecule has 0 radical (unpaired) electrons. The Morgan fingerprint density at radius 3 is 2.71 bits per heavy atom. The highest BCUT2D eigenvalue weighted by Gasteiger charge is 2.17. The van der Waals surface area contributed by atoms with Crippen molar-refractivity contribution < 1.29 is 0 Å². The zero-order chi connectivity index (χ0) is 15.2. The van der Waals surface area contributed by atoms with Gasteiger partial charge in [-0.15, -0.1) is 22.7 Å². The molecule has 0 bridgehead atoms. The zero-order valence-electron chi connectivity index (χ0n) is 13.3. The SMILES string of the molecule is CCCNC(C)c1csc(N(Cc2cccs2)C(C)C)n1. The highest BCUT2D eigenvalue weighted by Crippen LogP contribution is 2.28. The van der Waals surface area contributed by atoms with Crippen molar-refractivity contribution in [2.24, 2.45) is 0 Å². The van der Waals surface area contributed by atoms with Gasteiger partial charge in [0.25, 0.3) is 0 Å². The first-order valence-corrected chi connectivity index (χ1v) is 9.35. The average molecular weight is 324 g/mol. The molecule has 5 heteroatoms. The predicted molar refractivity (Wildman–Crippen MR) is 94.5 cm³/mol. The van der Waals surface area contributed by atoms with E-state index in [0.29, 0.717) is 12.1 Å². The van der Waals surface area contributed by atoms with Gasteiger partial charge in [-0.1, -0.05) is 13.0 Å². The van der Waals surface area contributed by atoms with Gasteiger partial charge in [0, 0.05) is 22.3 Å². The molecule has 2 aromatic rings. The highest BCUT2D eigenvalue weighted by atomic mass is 32.1. The van der Waals surface area contributed by atoms with Crippen LogP contribution in [0.5, 0.6) is 0 Å². The summed E-state index contributed by atoms with van der Waals surface area (Å²) in [5.74, 6) is 0. The first-order valence-electron chi connectivity index (χ1n) is 7.59. The van der Waals surface area contributed by atoms with E-state index in [1.807, 2.05) is 11.3 Å². The molecule has 2 heterocycles. The molecule has 21 heavy (non-hydrogen) atoms. The number of aromatic nitrogens is 1. The second kappa shape index (κ2) is 7.92. The summed E-state index contributed by atoms with van der Waals surface area (Å²) in [5, 5.41) is 8.95. The Bertz CT molecular complexity index is 519. The molecule has 0 amide bonds. The van der Waals surface area contributed by atoms with Crippen LogP contribution in [0.15, 0.2) is 22.9 Å². The maximum absolute atomic E-state index is 4.85. The van der Waals surface area contributed by atoms with Crippen molar-refractivity contribution in [2.45, 2.75) is 52.7 Å². The number of anilines is 1. The lowest BCUT2D eigenvalue weighted by atomic mass is 10.2. The smallest absolute Gasteiger partial charge is 0.186 e. The third kappa shape index (κ3) is 4.53. The zero-order valence-corrected chi connectivity index (χ0v) is 14.9. The average Bonchev–Trinajstić information content (AvgIpc) is 3.12. The topological polar surface area (TPSA) is 28.2 Å². The van der Waals surface area contributed by atoms with Gasteiger partial charge >= 0.3 is 0 Å². The molecule has 0 fully saturated rings. The molecule has 1 unspecified atom stereocenters. The monoisotopic (exact) mass is 323 g/mol. The van der Waals surface area contributed by atoms with E-state index in [4.69, 9.17) is 4.98 Å². The van der Waals surface area contributed by atoms with Crippen molar-refractivity contribution in [1.82, 2.24) is 10.3 Å². The van der Waals surface area contributed by atoms with Gasteiger partial charge in [-0.05, 0) is 45.2 Å². The van der Waals surface area contributed by atoms with E-state index in [9.17, 15) is 0 Å². The molecular formula is C16H25N3S2. The van der Waals surface area contributed by atoms with Crippen LogP contribution in [0.1, 0.15) is 50.7 Å². The van der Waals surface area contributed by atoms with Crippen LogP contribution >= 0.6 is 22.7 Å². The first-order chi connectivity index (χ1) is 10.1. The number of thiazole rings is 1. The Morgan fingerprint density at radius 2 is 2.10 bits per heavy atom. The molecule has 0 aromatic carbocycles. The lowest BCUT2D eigenvalue weighted by Gasteiger charge is -2.25. The van der Waals surface area contributed by atoms with Crippen LogP contribution in [-0.4, -0.2) is 17.6 Å². The Labute approximate surface area is 136 Å². The summed E-state index contributed by atoms with van der Waals surface area (Å²) < 4.78 is 0. The molecular weight excluding hydrogens is 298 g/mol. The number of hydrogen-bond donors (Lipinski definition) is 1. The van der Waals surface area contributed by atoms with Gasteiger partial charge in [-0.2, -0.15) is 0 Å². The van der Waals surface area contributed by atoms with Crippen molar-refractivity contribution in [3.05, 3.63) is 33.5 Å². The molecule has 116 valence electrons.